The summed E-state index contributed by atoms with van der Waals surface area (Å²) in [6.07, 6.45) is 4.48. The summed E-state index contributed by atoms with van der Waals surface area (Å²) in [7, 11) is 0. The number of carbonyl (C=O) groups is 2. The van der Waals surface area contributed by atoms with Crippen molar-refractivity contribution in [1.29, 1.82) is 0 Å². The molecule has 0 aliphatic carbocycles. The number of nitrogens with one attached hydrogen (secondary N) is 1. The quantitative estimate of drug-likeness (QED) is 0.704. The normalized spacial score (nSPS) is 20.1. The number of carbonyl (C=O) groups excluding carboxylic acids is 1. The predicted octanol–water partition coefficient (Wildman–Crippen LogP) is 0.942. The Bertz CT molecular complexity index is 807. The molecular formula is C18H22N4O4. The molecular weight excluding hydrogens is 336 g/mol. The van der Waals surface area contributed by atoms with Crippen LogP contribution < -0.4 is 10.2 Å². The zero-order chi connectivity index (χ0) is 18.6. The van der Waals surface area contributed by atoms with E-state index in [-0.39, 0.29) is 25.3 Å². The number of hydrogen-bond acceptors (Lipinski definition) is 6. The van der Waals surface area contributed by atoms with Gasteiger partial charge in [-0.1, -0.05) is 0 Å². The number of rotatable bonds is 6. The maximum Gasteiger partial charge on any atom is 0.303 e. The summed E-state index contributed by atoms with van der Waals surface area (Å²) in [4.78, 5) is 33.1. The number of hydrogen-bond donors (Lipinski definition) is 3. The van der Waals surface area contributed by atoms with Crippen molar-refractivity contribution >= 4 is 28.6 Å². The number of carboxylic acids is 1. The molecule has 1 aliphatic heterocycles. The number of piperidine rings is 1. The molecule has 0 radical (unpaired) electrons. The molecule has 0 spiro atoms. The Morgan fingerprint density at radius 3 is 2.88 bits per heavy atom. The molecule has 3 N–H and O–H groups in total. The van der Waals surface area contributed by atoms with Gasteiger partial charge in [-0.15, -0.1) is 0 Å². The molecule has 1 aliphatic rings. The Labute approximate surface area is 150 Å². The molecule has 1 saturated heterocycles. The standard InChI is InChI=1S/C18H22N4O4/c23-15(4-5-16(24)25)21-11-18(26)7-2-10-22(12-18)14-6-9-19-13-3-1-8-20-17(13)14/h1,3,6,8-9,26H,2,4-5,7,10-12H2,(H,21,23)(H,24,25). The maximum absolute atomic E-state index is 11.7. The minimum atomic E-state index is -1.07. The van der Waals surface area contributed by atoms with Gasteiger partial charge in [0.1, 0.15) is 5.52 Å². The molecule has 3 heterocycles. The van der Waals surface area contributed by atoms with Crippen LogP contribution in [0.4, 0.5) is 5.69 Å². The van der Waals surface area contributed by atoms with Crippen molar-refractivity contribution in [2.75, 3.05) is 24.5 Å². The molecule has 2 aromatic rings. The van der Waals surface area contributed by atoms with Gasteiger partial charge in [0.2, 0.25) is 5.91 Å². The lowest BCUT2D eigenvalue weighted by molar-refractivity contribution is -0.139. The smallest absolute Gasteiger partial charge is 0.303 e. The van der Waals surface area contributed by atoms with Gasteiger partial charge >= 0.3 is 5.97 Å². The SMILES string of the molecule is O=C(O)CCC(=O)NCC1(O)CCCN(c2ccnc3cccnc23)C1. The van der Waals surface area contributed by atoms with E-state index in [9.17, 15) is 14.7 Å². The van der Waals surface area contributed by atoms with Gasteiger partial charge in [-0.2, -0.15) is 0 Å². The molecule has 2 aromatic heterocycles. The van der Waals surface area contributed by atoms with E-state index in [1.54, 1.807) is 12.4 Å². The number of fused-ring (bicyclic) bond motifs is 1. The van der Waals surface area contributed by atoms with Crippen LogP contribution in [0.25, 0.3) is 11.0 Å². The molecule has 3 rings (SSSR count). The highest BCUT2D eigenvalue weighted by molar-refractivity contribution is 5.87. The Kier molecular flexibility index (Phi) is 5.32. The highest BCUT2D eigenvalue weighted by Gasteiger charge is 2.34. The van der Waals surface area contributed by atoms with Gasteiger partial charge in [-0.25, -0.2) is 0 Å². The van der Waals surface area contributed by atoms with Crippen molar-refractivity contribution in [2.24, 2.45) is 0 Å². The highest BCUT2D eigenvalue weighted by atomic mass is 16.4. The third-order valence-electron chi connectivity index (χ3n) is 4.55. The number of aliphatic hydroxyl groups is 1. The number of carboxylic acid groups (broad SMARTS) is 1. The number of β-amino-alcohol motifs (C(OH)–C–C–N with tert-alkyl or cyclic N) is 1. The summed E-state index contributed by atoms with van der Waals surface area (Å²) in [6, 6.07) is 5.61. The van der Waals surface area contributed by atoms with Crippen LogP contribution >= 0.6 is 0 Å². The molecule has 138 valence electrons. The lowest BCUT2D eigenvalue weighted by atomic mass is 9.92. The van der Waals surface area contributed by atoms with Gasteiger partial charge in [-0.05, 0) is 31.0 Å². The molecule has 0 saturated carbocycles. The second-order valence-electron chi connectivity index (χ2n) is 6.62. The summed E-state index contributed by atoms with van der Waals surface area (Å²) < 4.78 is 0. The topological polar surface area (TPSA) is 116 Å². The van der Waals surface area contributed by atoms with Gasteiger partial charge in [0.25, 0.3) is 0 Å². The molecule has 1 unspecified atom stereocenters. The second-order valence-corrected chi connectivity index (χ2v) is 6.62. The van der Waals surface area contributed by atoms with Crippen molar-refractivity contribution in [1.82, 2.24) is 15.3 Å². The first kappa shape index (κ1) is 18.1. The summed E-state index contributed by atoms with van der Waals surface area (Å²) in [6.45, 7) is 1.24. The molecule has 1 amide bonds. The second kappa shape index (κ2) is 7.65. The van der Waals surface area contributed by atoms with Gasteiger partial charge in [-0.3, -0.25) is 19.6 Å². The Hall–Kier alpha value is -2.74. The summed E-state index contributed by atoms with van der Waals surface area (Å²) >= 11 is 0. The van der Waals surface area contributed by atoms with Crippen LogP contribution in [0, 0.1) is 0 Å². The summed E-state index contributed by atoms with van der Waals surface area (Å²) in [5.41, 5.74) is 1.42. The number of anilines is 1. The minimum Gasteiger partial charge on any atom is -0.481 e. The van der Waals surface area contributed by atoms with E-state index in [1.807, 2.05) is 18.2 Å². The summed E-state index contributed by atoms with van der Waals surface area (Å²) in [5.74, 6) is -1.38. The minimum absolute atomic E-state index is 0.0892. The van der Waals surface area contributed by atoms with E-state index in [1.165, 1.54) is 0 Å². The van der Waals surface area contributed by atoms with Gasteiger partial charge in [0.15, 0.2) is 0 Å². The summed E-state index contributed by atoms with van der Waals surface area (Å²) in [5, 5.41) is 22.2. The van der Waals surface area contributed by atoms with Crippen LogP contribution in [0.5, 0.6) is 0 Å². The van der Waals surface area contributed by atoms with Gasteiger partial charge in [0.05, 0.1) is 23.2 Å². The van der Waals surface area contributed by atoms with E-state index in [4.69, 9.17) is 5.11 Å². The van der Waals surface area contributed by atoms with Crippen LogP contribution in [0.15, 0.2) is 30.6 Å². The first-order valence-electron chi connectivity index (χ1n) is 8.62. The lowest BCUT2D eigenvalue weighted by Gasteiger charge is -2.40. The van der Waals surface area contributed by atoms with Crippen LogP contribution in [0.2, 0.25) is 0 Å². The number of pyridine rings is 2. The molecule has 1 fully saturated rings. The van der Waals surface area contributed by atoms with E-state index >= 15 is 0 Å². The van der Waals surface area contributed by atoms with E-state index in [0.717, 1.165) is 29.7 Å². The van der Waals surface area contributed by atoms with E-state index in [0.29, 0.717) is 13.0 Å². The number of amides is 1. The van der Waals surface area contributed by atoms with Gasteiger partial charge < -0.3 is 20.4 Å². The van der Waals surface area contributed by atoms with Crippen LogP contribution in [-0.2, 0) is 9.59 Å². The fraction of sp³-hybridized carbons (Fsp3) is 0.444. The molecule has 0 aromatic carbocycles. The molecule has 26 heavy (non-hydrogen) atoms. The van der Waals surface area contributed by atoms with Crippen molar-refractivity contribution in [3.8, 4) is 0 Å². The zero-order valence-corrected chi connectivity index (χ0v) is 14.4. The third kappa shape index (κ3) is 4.26. The molecule has 0 bridgehead atoms. The predicted molar refractivity (Wildman–Crippen MR) is 95.8 cm³/mol. The Balaban J connectivity index is 1.68. The van der Waals surface area contributed by atoms with Crippen molar-refractivity contribution < 1.29 is 19.8 Å². The fourth-order valence-corrected chi connectivity index (χ4v) is 3.25. The molecule has 8 nitrogen and oxygen atoms in total. The zero-order valence-electron chi connectivity index (χ0n) is 14.4. The molecule has 8 heteroatoms. The van der Waals surface area contributed by atoms with Crippen LogP contribution in [0.3, 0.4) is 0 Å². The Morgan fingerprint density at radius 2 is 2.08 bits per heavy atom. The van der Waals surface area contributed by atoms with Crippen LogP contribution in [0.1, 0.15) is 25.7 Å². The third-order valence-corrected chi connectivity index (χ3v) is 4.55. The number of aromatic nitrogens is 2. The first-order chi connectivity index (χ1) is 12.5. The lowest BCUT2D eigenvalue weighted by Crippen LogP contribution is -2.54. The largest absolute Gasteiger partial charge is 0.481 e. The van der Waals surface area contributed by atoms with Gasteiger partial charge in [0, 0.05) is 38.4 Å². The van der Waals surface area contributed by atoms with Crippen molar-refractivity contribution in [2.45, 2.75) is 31.3 Å². The van der Waals surface area contributed by atoms with E-state index < -0.39 is 11.6 Å². The van der Waals surface area contributed by atoms with Crippen LogP contribution in [-0.4, -0.2) is 57.3 Å². The Morgan fingerprint density at radius 1 is 1.23 bits per heavy atom. The number of aliphatic carboxylic acids is 1. The average Bonchev–Trinajstić information content (AvgIpc) is 2.64. The fourth-order valence-electron chi connectivity index (χ4n) is 3.25. The average molecular weight is 358 g/mol. The highest BCUT2D eigenvalue weighted by Crippen LogP contribution is 2.29. The molecule has 1 atom stereocenters. The van der Waals surface area contributed by atoms with Crippen molar-refractivity contribution in [3.63, 3.8) is 0 Å². The van der Waals surface area contributed by atoms with Crippen molar-refractivity contribution in [3.05, 3.63) is 30.6 Å². The monoisotopic (exact) mass is 358 g/mol. The first-order valence-corrected chi connectivity index (χ1v) is 8.62. The van der Waals surface area contributed by atoms with E-state index in [2.05, 4.69) is 20.2 Å². The number of nitrogens with zero attached hydrogens (tertiary/aromatic N) is 3. The maximum atomic E-state index is 11.7.